The summed E-state index contributed by atoms with van der Waals surface area (Å²) in [5.41, 5.74) is 2.75. The van der Waals surface area contributed by atoms with E-state index in [1.54, 1.807) is 7.05 Å². The predicted octanol–water partition coefficient (Wildman–Crippen LogP) is 3.14. The fourth-order valence-corrected chi connectivity index (χ4v) is 2.99. The first-order valence-corrected chi connectivity index (χ1v) is 7.19. The fourth-order valence-electron chi connectivity index (χ4n) is 2.99. The van der Waals surface area contributed by atoms with Crippen LogP contribution in [0.15, 0.2) is 12.1 Å². The molecule has 1 unspecified atom stereocenters. The van der Waals surface area contributed by atoms with Crippen molar-refractivity contribution < 1.29 is 9.53 Å². The summed E-state index contributed by atoms with van der Waals surface area (Å²) in [6.45, 7) is 9.07. The van der Waals surface area contributed by atoms with Crippen LogP contribution in [0.5, 0.6) is 5.75 Å². The Balaban J connectivity index is 2.57. The molecule has 1 atom stereocenters. The number of carbonyl (C=O) groups is 1. The number of anilines is 1. The Morgan fingerprint density at radius 3 is 2.80 bits per heavy atom. The highest BCUT2D eigenvalue weighted by Gasteiger charge is 2.32. The zero-order chi connectivity index (χ0) is 14.9. The third kappa shape index (κ3) is 2.74. The number of nitrogens with one attached hydrogen (secondary N) is 2. The van der Waals surface area contributed by atoms with E-state index >= 15 is 0 Å². The SMILES string of the molecule is CCOc1cc(C(=O)NC)c2c(c1)C(C)CC(C)(C)N2. The Hall–Kier alpha value is -1.71. The summed E-state index contributed by atoms with van der Waals surface area (Å²) in [6.07, 6.45) is 1.03. The molecule has 20 heavy (non-hydrogen) atoms. The normalized spacial score (nSPS) is 19.8. The number of hydrogen-bond acceptors (Lipinski definition) is 3. The maximum Gasteiger partial charge on any atom is 0.253 e. The van der Waals surface area contributed by atoms with Gasteiger partial charge in [-0.15, -0.1) is 0 Å². The largest absolute Gasteiger partial charge is 0.494 e. The molecule has 1 aromatic carbocycles. The Morgan fingerprint density at radius 1 is 1.50 bits per heavy atom. The zero-order valence-electron chi connectivity index (χ0n) is 13.0. The van der Waals surface area contributed by atoms with Gasteiger partial charge < -0.3 is 15.4 Å². The summed E-state index contributed by atoms with van der Waals surface area (Å²) in [5, 5.41) is 6.21. The van der Waals surface area contributed by atoms with Crippen molar-refractivity contribution in [1.82, 2.24) is 5.32 Å². The van der Waals surface area contributed by atoms with Gasteiger partial charge in [0.05, 0.1) is 17.9 Å². The molecule has 0 aliphatic carbocycles. The molecule has 1 aliphatic heterocycles. The summed E-state index contributed by atoms with van der Waals surface area (Å²) >= 11 is 0. The standard InChI is InChI=1S/C16H24N2O2/c1-6-20-11-7-12-10(2)9-16(3,4)18-14(12)13(8-11)15(19)17-5/h7-8,10,18H,6,9H2,1-5H3,(H,17,19). The minimum Gasteiger partial charge on any atom is -0.494 e. The molecule has 2 rings (SSSR count). The van der Waals surface area contributed by atoms with Gasteiger partial charge in [0, 0.05) is 12.6 Å². The lowest BCUT2D eigenvalue weighted by atomic mass is 9.80. The Bertz CT molecular complexity index is 523. The first-order valence-electron chi connectivity index (χ1n) is 7.19. The number of rotatable bonds is 3. The average molecular weight is 276 g/mol. The van der Waals surface area contributed by atoms with Gasteiger partial charge in [-0.1, -0.05) is 6.92 Å². The molecule has 0 spiro atoms. The van der Waals surface area contributed by atoms with Gasteiger partial charge in [-0.25, -0.2) is 0 Å². The van der Waals surface area contributed by atoms with Crippen LogP contribution in [0.4, 0.5) is 5.69 Å². The van der Waals surface area contributed by atoms with Crippen LogP contribution >= 0.6 is 0 Å². The van der Waals surface area contributed by atoms with Crippen LogP contribution in [0.25, 0.3) is 0 Å². The van der Waals surface area contributed by atoms with E-state index in [4.69, 9.17) is 4.74 Å². The Labute approximate surface area is 120 Å². The molecule has 0 saturated carbocycles. The highest BCUT2D eigenvalue weighted by molar-refractivity contribution is 6.01. The predicted molar refractivity (Wildman–Crippen MR) is 81.7 cm³/mol. The molecule has 110 valence electrons. The maximum atomic E-state index is 12.2. The van der Waals surface area contributed by atoms with E-state index in [-0.39, 0.29) is 11.4 Å². The summed E-state index contributed by atoms with van der Waals surface area (Å²) in [5.74, 6) is 1.07. The number of ether oxygens (including phenoxy) is 1. The number of fused-ring (bicyclic) bond motifs is 1. The summed E-state index contributed by atoms with van der Waals surface area (Å²) in [4.78, 5) is 12.2. The van der Waals surface area contributed by atoms with Crippen LogP contribution in [-0.2, 0) is 0 Å². The molecule has 1 aromatic rings. The molecular formula is C16H24N2O2. The van der Waals surface area contributed by atoms with Crippen molar-refractivity contribution in [2.24, 2.45) is 0 Å². The quantitative estimate of drug-likeness (QED) is 0.891. The van der Waals surface area contributed by atoms with Crippen molar-refractivity contribution >= 4 is 11.6 Å². The van der Waals surface area contributed by atoms with Crippen molar-refractivity contribution in [3.63, 3.8) is 0 Å². The molecule has 1 heterocycles. The van der Waals surface area contributed by atoms with Crippen molar-refractivity contribution in [3.8, 4) is 5.75 Å². The first-order chi connectivity index (χ1) is 9.38. The third-order valence-electron chi connectivity index (χ3n) is 3.74. The highest BCUT2D eigenvalue weighted by atomic mass is 16.5. The lowest BCUT2D eigenvalue weighted by Crippen LogP contribution is -2.38. The average Bonchev–Trinajstić information content (AvgIpc) is 2.37. The van der Waals surface area contributed by atoms with Gasteiger partial charge in [-0.3, -0.25) is 4.79 Å². The van der Waals surface area contributed by atoms with Gasteiger partial charge in [0.15, 0.2) is 0 Å². The van der Waals surface area contributed by atoms with Gasteiger partial charge in [0.2, 0.25) is 0 Å². The van der Waals surface area contributed by atoms with Crippen molar-refractivity contribution in [2.45, 2.75) is 45.6 Å². The molecule has 1 aliphatic rings. The molecule has 0 aromatic heterocycles. The Kier molecular flexibility index (Phi) is 3.93. The van der Waals surface area contributed by atoms with Gasteiger partial charge in [-0.05, 0) is 50.8 Å². The number of carbonyl (C=O) groups excluding carboxylic acids is 1. The highest BCUT2D eigenvalue weighted by Crippen LogP contribution is 2.42. The second kappa shape index (κ2) is 5.35. The monoisotopic (exact) mass is 276 g/mol. The van der Waals surface area contributed by atoms with Crippen molar-refractivity contribution in [1.29, 1.82) is 0 Å². The minimum atomic E-state index is -0.0831. The molecule has 0 saturated heterocycles. The van der Waals surface area contributed by atoms with Crippen molar-refractivity contribution in [3.05, 3.63) is 23.3 Å². The topological polar surface area (TPSA) is 50.4 Å². The molecule has 0 bridgehead atoms. The lowest BCUT2D eigenvalue weighted by molar-refractivity contribution is 0.0963. The van der Waals surface area contributed by atoms with E-state index in [0.29, 0.717) is 18.1 Å². The molecular weight excluding hydrogens is 252 g/mol. The lowest BCUT2D eigenvalue weighted by Gasteiger charge is -2.38. The summed E-state index contributed by atoms with van der Waals surface area (Å²) in [7, 11) is 1.65. The molecule has 1 amide bonds. The summed E-state index contributed by atoms with van der Waals surface area (Å²) < 4.78 is 5.60. The molecule has 0 fully saturated rings. The second-order valence-electron chi connectivity index (χ2n) is 6.06. The summed E-state index contributed by atoms with van der Waals surface area (Å²) in [6, 6.07) is 3.88. The molecule has 0 radical (unpaired) electrons. The second-order valence-corrected chi connectivity index (χ2v) is 6.06. The van der Waals surface area contributed by atoms with E-state index in [1.807, 2.05) is 13.0 Å². The molecule has 4 nitrogen and oxygen atoms in total. The molecule has 4 heteroatoms. The van der Waals surface area contributed by atoms with Crippen LogP contribution < -0.4 is 15.4 Å². The van der Waals surface area contributed by atoms with Crippen molar-refractivity contribution in [2.75, 3.05) is 19.0 Å². The fraction of sp³-hybridized carbons (Fsp3) is 0.562. The van der Waals surface area contributed by atoms with Crippen LogP contribution in [0, 0.1) is 0 Å². The van der Waals surface area contributed by atoms with E-state index in [1.165, 1.54) is 0 Å². The number of benzene rings is 1. The third-order valence-corrected chi connectivity index (χ3v) is 3.74. The molecule has 2 N–H and O–H groups in total. The van der Waals surface area contributed by atoms with Crippen LogP contribution in [0.3, 0.4) is 0 Å². The van der Waals surface area contributed by atoms with Crippen LogP contribution in [0.1, 0.15) is 56.0 Å². The van der Waals surface area contributed by atoms with Gasteiger partial charge >= 0.3 is 0 Å². The van der Waals surface area contributed by atoms with E-state index in [2.05, 4.69) is 37.5 Å². The minimum absolute atomic E-state index is 0.0116. The van der Waals surface area contributed by atoms with E-state index in [0.717, 1.165) is 23.4 Å². The van der Waals surface area contributed by atoms with E-state index < -0.39 is 0 Å². The van der Waals surface area contributed by atoms with Gasteiger partial charge in [0.25, 0.3) is 5.91 Å². The maximum absolute atomic E-state index is 12.2. The van der Waals surface area contributed by atoms with Gasteiger partial charge in [0.1, 0.15) is 5.75 Å². The Morgan fingerprint density at radius 2 is 2.20 bits per heavy atom. The van der Waals surface area contributed by atoms with Crippen LogP contribution in [-0.4, -0.2) is 25.1 Å². The number of amides is 1. The smallest absolute Gasteiger partial charge is 0.253 e. The van der Waals surface area contributed by atoms with E-state index in [9.17, 15) is 4.79 Å². The zero-order valence-corrected chi connectivity index (χ0v) is 13.0. The number of hydrogen-bond donors (Lipinski definition) is 2. The van der Waals surface area contributed by atoms with Crippen LogP contribution in [0.2, 0.25) is 0 Å². The van der Waals surface area contributed by atoms with Gasteiger partial charge in [-0.2, -0.15) is 0 Å². The first kappa shape index (κ1) is 14.7.